The zero-order chi connectivity index (χ0) is 11.0. The van der Waals surface area contributed by atoms with Crippen molar-refractivity contribution in [3.63, 3.8) is 0 Å². The summed E-state index contributed by atoms with van der Waals surface area (Å²) in [7, 11) is 0. The number of nitrogens with zero attached hydrogens (tertiary/aromatic N) is 1. The smallest absolute Gasteiger partial charge is 0.137 e. The van der Waals surface area contributed by atoms with Crippen LogP contribution in [0.1, 0.15) is 0 Å². The van der Waals surface area contributed by atoms with E-state index < -0.39 is 0 Å². The summed E-state index contributed by atoms with van der Waals surface area (Å²) in [5.74, 6) is 0.288. The van der Waals surface area contributed by atoms with E-state index in [1.54, 1.807) is 12.3 Å². The molecule has 0 amide bonds. The van der Waals surface area contributed by atoms with Crippen molar-refractivity contribution in [3.05, 3.63) is 48.8 Å². The Morgan fingerprint density at radius 1 is 1.00 bits per heavy atom. The van der Waals surface area contributed by atoms with Gasteiger partial charge < -0.3 is 10.1 Å². The van der Waals surface area contributed by atoms with Crippen LogP contribution in [0.2, 0.25) is 0 Å². The molecule has 0 radical (unpaired) electrons. The van der Waals surface area contributed by atoms with Gasteiger partial charge in [0.25, 0.3) is 0 Å². The molecular formula is C13H10N2O. The van der Waals surface area contributed by atoms with Gasteiger partial charge in [-0.1, -0.05) is 18.2 Å². The van der Waals surface area contributed by atoms with Crippen LogP contribution in [0.25, 0.3) is 22.2 Å². The number of aromatic hydroxyl groups is 1. The third-order valence-electron chi connectivity index (χ3n) is 2.65. The number of phenolic OH excluding ortho intramolecular Hbond substituents is 1. The molecule has 78 valence electrons. The molecule has 0 atom stereocenters. The average molecular weight is 210 g/mol. The molecule has 1 aromatic carbocycles. The van der Waals surface area contributed by atoms with E-state index in [0.29, 0.717) is 0 Å². The van der Waals surface area contributed by atoms with Crippen LogP contribution in [0.4, 0.5) is 0 Å². The first-order chi connectivity index (χ1) is 7.86. The van der Waals surface area contributed by atoms with Crippen LogP contribution in [0, 0.1) is 0 Å². The molecule has 0 fully saturated rings. The monoisotopic (exact) mass is 210 g/mol. The molecule has 0 bridgehead atoms. The minimum absolute atomic E-state index is 0.288. The van der Waals surface area contributed by atoms with Gasteiger partial charge in [-0.2, -0.15) is 0 Å². The van der Waals surface area contributed by atoms with E-state index in [0.717, 1.165) is 22.2 Å². The maximum atomic E-state index is 9.83. The molecule has 3 nitrogen and oxygen atoms in total. The Kier molecular flexibility index (Phi) is 1.90. The number of aromatic nitrogens is 2. The molecule has 3 aromatic rings. The molecule has 3 heteroatoms. The molecule has 0 unspecified atom stereocenters. The SMILES string of the molecule is Oc1ccccc1-c1ccnc2[nH]ccc12. The molecule has 0 aliphatic heterocycles. The quantitative estimate of drug-likeness (QED) is 0.648. The third kappa shape index (κ3) is 1.26. The Labute approximate surface area is 92.4 Å². The Bertz CT molecular complexity index is 643. The van der Waals surface area contributed by atoms with Crippen molar-refractivity contribution < 1.29 is 5.11 Å². The minimum Gasteiger partial charge on any atom is -0.507 e. The van der Waals surface area contributed by atoms with Gasteiger partial charge >= 0.3 is 0 Å². The molecule has 3 rings (SSSR count). The number of pyridine rings is 1. The molecular weight excluding hydrogens is 200 g/mol. The number of phenols is 1. The first kappa shape index (κ1) is 8.97. The van der Waals surface area contributed by atoms with Crippen molar-refractivity contribution in [2.75, 3.05) is 0 Å². The van der Waals surface area contributed by atoms with Gasteiger partial charge in [-0.15, -0.1) is 0 Å². The predicted octanol–water partition coefficient (Wildman–Crippen LogP) is 2.94. The molecule has 0 spiro atoms. The highest BCUT2D eigenvalue weighted by Gasteiger charge is 2.08. The summed E-state index contributed by atoms with van der Waals surface area (Å²) < 4.78 is 0. The van der Waals surface area contributed by atoms with Gasteiger partial charge in [0.2, 0.25) is 0 Å². The van der Waals surface area contributed by atoms with Crippen molar-refractivity contribution in [1.82, 2.24) is 9.97 Å². The molecule has 0 aliphatic rings. The molecule has 16 heavy (non-hydrogen) atoms. The number of H-pyrrole nitrogens is 1. The number of rotatable bonds is 1. The fraction of sp³-hybridized carbons (Fsp3) is 0. The van der Waals surface area contributed by atoms with Crippen molar-refractivity contribution in [2.45, 2.75) is 0 Å². The average Bonchev–Trinajstić information content (AvgIpc) is 2.77. The van der Waals surface area contributed by atoms with E-state index in [1.807, 2.05) is 36.5 Å². The molecule has 2 heterocycles. The summed E-state index contributed by atoms with van der Waals surface area (Å²) in [6.45, 7) is 0. The van der Waals surface area contributed by atoms with Gasteiger partial charge in [0, 0.05) is 23.3 Å². The van der Waals surface area contributed by atoms with Gasteiger partial charge in [-0.3, -0.25) is 0 Å². The highest BCUT2D eigenvalue weighted by molar-refractivity contribution is 5.94. The summed E-state index contributed by atoms with van der Waals surface area (Å²) in [5.41, 5.74) is 2.65. The Balaban J connectivity index is 2.34. The highest BCUT2D eigenvalue weighted by atomic mass is 16.3. The number of nitrogens with one attached hydrogen (secondary N) is 1. The lowest BCUT2D eigenvalue weighted by molar-refractivity contribution is 0.477. The van der Waals surface area contributed by atoms with Crippen molar-refractivity contribution in [2.24, 2.45) is 0 Å². The lowest BCUT2D eigenvalue weighted by atomic mass is 10.0. The zero-order valence-electron chi connectivity index (χ0n) is 8.51. The second kappa shape index (κ2) is 3.38. The first-order valence-corrected chi connectivity index (χ1v) is 5.07. The Morgan fingerprint density at radius 3 is 2.75 bits per heavy atom. The number of aromatic amines is 1. The van der Waals surface area contributed by atoms with E-state index in [1.165, 1.54) is 0 Å². The number of benzene rings is 1. The zero-order valence-corrected chi connectivity index (χ0v) is 8.51. The van der Waals surface area contributed by atoms with Crippen LogP contribution in [0.15, 0.2) is 48.8 Å². The molecule has 0 saturated carbocycles. The largest absolute Gasteiger partial charge is 0.507 e. The van der Waals surface area contributed by atoms with E-state index in [-0.39, 0.29) is 5.75 Å². The standard InChI is InChI=1S/C13H10N2O/c16-12-4-2-1-3-10(12)9-5-7-14-13-11(9)6-8-15-13/h1-8,16H,(H,14,15). The molecule has 2 N–H and O–H groups in total. The number of hydrogen-bond donors (Lipinski definition) is 2. The highest BCUT2D eigenvalue weighted by Crippen LogP contribution is 2.32. The Morgan fingerprint density at radius 2 is 1.88 bits per heavy atom. The predicted molar refractivity (Wildman–Crippen MR) is 63.2 cm³/mol. The maximum Gasteiger partial charge on any atom is 0.137 e. The van der Waals surface area contributed by atoms with Gasteiger partial charge in [-0.25, -0.2) is 4.98 Å². The van der Waals surface area contributed by atoms with Gasteiger partial charge in [0.15, 0.2) is 0 Å². The van der Waals surface area contributed by atoms with Crippen LogP contribution < -0.4 is 0 Å². The third-order valence-corrected chi connectivity index (χ3v) is 2.65. The van der Waals surface area contributed by atoms with E-state index >= 15 is 0 Å². The van der Waals surface area contributed by atoms with E-state index in [4.69, 9.17) is 0 Å². The number of hydrogen-bond acceptors (Lipinski definition) is 2. The summed E-state index contributed by atoms with van der Waals surface area (Å²) in [5, 5.41) is 10.8. The first-order valence-electron chi connectivity index (χ1n) is 5.07. The fourth-order valence-electron chi connectivity index (χ4n) is 1.90. The van der Waals surface area contributed by atoms with Gasteiger partial charge in [0.1, 0.15) is 11.4 Å². The number of para-hydroxylation sites is 1. The minimum atomic E-state index is 0.288. The summed E-state index contributed by atoms with van der Waals surface area (Å²) in [4.78, 5) is 7.28. The van der Waals surface area contributed by atoms with Crippen molar-refractivity contribution >= 4 is 11.0 Å². The second-order valence-electron chi connectivity index (χ2n) is 3.62. The van der Waals surface area contributed by atoms with E-state index in [2.05, 4.69) is 9.97 Å². The van der Waals surface area contributed by atoms with Crippen LogP contribution in [0.3, 0.4) is 0 Å². The maximum absolute atomic E-state index is 9.83. The second-order valence-corrected chi connectivity index (χ2v) is 3.62. The van der Waals surface area contributed by atoms with Gasteiger partial charge in [-0.05, 0) is 23.8 Å². The summed E-state index contributed by atoms with van der Waals surface area (Å²) in [6.07, 6.45) is 3.59. The van der Waals surface area contributed by atoms with Crippen molar-refractivity contribution in [1.29, 1.82) is 0 Å². The van der Waals surface area contributed by atoms with Gasteiger partial charge in [0.05, 0.1) is 0 Å². The Hall–Kier alpha value is -2.29. The molecule has 0 saturated heterocycles. The topological polar surface area (TPSA) is 48.9 Å². The van der Waals surface area contributed by atoms with Crippen LogP contribution in [-0.2, 0) is 0 Å². The van der Waals surface area contributed by atoms with E-state index in [9.17, 15) is 5.11 Å². The van der Waals surface area contributed by atoms with Crippen molar-refractivity contribution in [3.8, 4) is 16.9 Å². The molecule has 0 aliphatic carbocycles. The fourth-order valence-corrected chi connectivity index (χ4v) is 1.90. The lowest BCUT2D eigenvalue weighted by Crippen LogP contribution is -1.82. The summed E-state index contributed by atoms with van der Waals surface area (Å²) in [6, 6.07) is 11.2. The van der Waals surface area contributed by atoms with Crippen LogP contribution >= 0.6 is 0 Å². The van der Waals surface area contributed by atoms with Crippen LogP contribution in [-0.4, -0.2) is 15.1 Å². The number of fused-ring (bicyclic) bond motifs is 1. The normalized spacial score (nSPS) is 10.8. The lowest BCUT2D eigenvalue weighted by Gasteiger charge is -2.05. The summed E-state index contributed by atoms with van der Waals surface area (Å²) >= 11 is 0. The van der Waals surface area contributed by atoms with Crippen LogP contribution in [0.5, 0.6) is 5.75 Å². The molecule has 2 aromatic heterocycles.